The highest BCUT2D eigenvalue weighted by Crippen LogP contribution is 2.27. The van der Waals surface area contributed by atoms with E-state index in [0.29, 0.717) is 0 Å². The topological polar surface area (TPSA) is 3.24 Å². The highest BCUT2D eigenvalue weighted by Gasteiger charge is 2.23. The van der Waals surface area contributed by atoms with Crippen molar-refractivity contribution in [3.05, 3.63) is 35.4 Å². The first-order valence-electron chi connectivity index (χ1n) is 6.65. The first kappa shape index (κ1) is 13.5. The number of likely N-dealkylation sites (tertiary alicyclic amines) is 1. The molecule has 1 aromatic rings. The quantitative estimate of drug-likeness (QED) is 0.786. The van der Waals surface area contributed by atoms with Crippen LogP contribution in [0.1, 0.15) is 37.8 Å². The van der Waals surface area contributed by atoms with Gasteiger partial charge in [0.05, 0.1) is 0 Å². The van der Waals surface area contributed by atoms with Gasteiger partial charge in [0.25, 0.3) is 5.92 Å². The monoisotopic (exact) mass is 253 g/mol. The van der Waals surface area contributed by atoms with Gasteiger partial charge in [0.2, 0.25) is 0 Å². The van der Waals surface area contributed by atoms with Gasteiger partial charge >= 0.3 is 0 Å². The average molecular weight is 253 g/mol. The third kappa shape index (κ3) is 3.52. The number of benzene rings is 1. The SMILES string of the molecule is CC1CCN(Cc2ccc(C(C)(F)F)cc2)CC1. The summed E-state index contributed by atoms with van der Waals surface area (Å²) in [5.74, 6) is -1.92. The van der Waals surface area contributed by atoms with Crippen LogP contribution in [0.4, 0.5) is 8.78 Å². The van der Waals surface area contributed by atoms with Crippen molar-refractivity contribution < 1.29 is 8.78 Å². The summed E-state index contributed by atoms with van der Waals surface area (Å²) in [5, 5.41) is 0. The molecule has 1 heterocycles. The highest BCUT2D eigenvalue weighted by atomic mass is 19.3. The lowest BCUT2D eigenvalue weighted by Crippen LogP contribution is -2.32. The van der Waals surface area contributed by atoms with Crippen molar-refractivity contribution in [2.24, 2.45) is 5.92 Å². The van der Waals surface area contributed by atoms with E-state index in [4.69, 9.17) is 0 Å². The second-order valence-electron chi connectivity index (χ2n) is 5.54. The van der Waals surface area contributed by atoms with Gasteiger partial charge in [-0.15, -0.1) is 0 Å². The van der Waals surface area contributed by atoms with Crippen molar-refractivity contribution in [3.63, 3.8) is 0 Å². The normalized spacial score (nSPS) is 19.1. The molecule has 2 rings (SSSR count). The molecule has 3 heteroatoms. The minimum absolute atomic E-state index is 0.0958. The predicted molar refractivity (Wildman–Crippen MR) is 69.7 cm³/mol. The lowest BCUT2D eigenvalue weighted by atomic mass is 9.98. The molecule has 0 bridgehead atoms. The van der Waals surface area contributed by atoms with Gasteiger partial charge in [-0.25, -0.2) is 8.78 Å². The van der Waals surface area contributed by atoms with Crippen LogP contribution in [0.15, 0.2) is 24.3 Å². The van der Waals surface area contributed by atoms with Crippen LogP contribution in [0.25, 0.3) is 0 Å². The molecule has 100 valence electrons. The maximum atomic E-state index is 13.1. The number of rotatable bonds is 3. The summed E-state index contributed by atoms with van der Waals surface area (Å²) in [7, 11) is 0. The summed E-state index contributed by atoms with van der Waals surface area (Å²) in [5.41, 5.74) is 1.22. The number of hydrogen-bond acceptors (Lipinski definition) is 1. The van der Waals surface area contributed by atoms with Gasteiger partial charge in [0, 0.05) is 19.0 Å². The van der Waals surface area contributed by atoms with Gasteiger partial charge in [-0.05, 0) is 37.4 Å². The molecular weight excluding hydrogens is 232 g/mol. The Balaban J connectivity index is 1.94. The number of alkyl halides is 2. The van der Waals surface area contributed by atoms with E-state index in [2.05, 4.69) is 11.8 Å². The van der Waals surface area contributed by atoms with Crippen molar-refractivity contribution in [1.29, 1.82) is 0 Å². The summed E-state index contributed by atoms with van der Waals surface area (Å²) in [6.07, 6.45) is 2.48. The molecule has 0 spiro atoms. The molecule has 0 aromatic heterocycles. The van der Waals surface area contributed by atoms with Crippen LogP contribution >= 0.6 is 0 Å². The third-order valence-electron chi connectivity index (χ3n) is 3.74. The van der Waals surface area contributed by atoms with Crippen molar-refractivity contribution in [1.82, 2.24) is 4.90 Å². The molecule has 0 N–H and O–H groups in total. The maximum Gasteiger partial charge on any atom is 0.270 e. The minimum atomic E-state index is -2.74. The Kier molecular flexibility index (Phi) is 4.00. The molecule has 1 aliphatic heterocycles. The molecule has 0 saturated carbocycles. The standard InChI is InChI=1S/C15H21F2N/c1-12-7-9-18(10-8-12)11-13-3-5-14(6-4-13)15(2,16)17/h3-6,12H,7-11H2,1-2H3. The first-order valence-corrected chi connectivity index (χ1v) is 6.65. The lowest BCUT2D eigenvalue weighted by Gasteiger charge is -2.30. The summed E-state index contributed by atoms with van der Waals surface area (Å²) < 4.78 is 26.2. The molecular formula is C15H21F2N. The van der Waals surface area contributed by atoms with E-state index in [1.807, 2.05) is 12.1 Å². The van der Waals surface area contributed by atoms with Gasteiger partial charge in [0.15, 0.2) is 0 Å². The Labute approximate surface area is 108 Å². The van der Waals surface area contributed by atoms with Gasteiger partial charge in [-0.3, -0.25) is 4.90 Å². The first-order chi connectivity index (χ1) is 8.45. The van der Waals surface area contributed by atoms with E-state index in [-0.39, 0.29) is 5.56 Å². The molecule has 0 aliphatic carbocycles. The van der Waals surface area contributed by atoms with Crippen LogP contribution in [0.5, 0.6) is 0 Å². The molecule has 18 heavy (non-hydrogen) atoms. The number of hydrogen-bond donors (Lipinski definition) is 0. The van der Waals surface area contributed by atoms with Gasteiger partial charge in [-0.2, -0.15) is 0 Å². The molecule has 0 unspecified atom stereocenters. The fraction of sp³-hybridized carbons (Fsp3) is 0.600. The molecule has 1 nitrogen and oxygen atoms in total. The van der Waals surface area contributed by atoms with Gasteiger partial charge in [-0.1, -0.05) is 31.2 Å². The predicted octanol–water partition coefficient (Wildman–Crippen LogP) is 4.03. The van der Waals surface area contributed by atoms with E-state index < -0.39 is 5.92 Å². The van der Waals surface area contributed by atoms with E-state index in [0.717, 1.165) is 38.0 Å². The molecule has 1 aliphatic rings. The smallest absolute Gasteiger partial charge is 0.270 e. The van der Waals surface area contributed by atoms with Crippen molar-refractivity contribution in [3.8, 4) is 0 Å². The Morgan fingerprint density at radius 3 is 2.22 bits per heavy atom. The van der Waals surface area contributed by atoms with Crippen LogP contribution in [0.3, 0.4) is 0 Å². The molecule has 1 aromatic carbocycles. The molecule has 1 saturated heterocycles. The molecule has 0 atom stereocenters. The molecule has 1 fully saturated rings. The zero-order chi connectivity index (χ0) is 13.2. The number of halogens is 2. The summed E-state index contributed by atoms with van der Waals surface area (Å²) in [6, 6.07) is 6.74. The van der Waals surface area contributed by atoms with E-state index in [9.17, 15) is 8.78 Å². The van der Waals surface area contributed by atoms with Crippen LogP contribution < -0.4 is 0 Å². The zero-order valence-electron chi connectivity index (χ0n) is 11.1. The lowest BCUT2D eigenvalue weighted by molar-refractivity contribution is 0.0174. The fourth-order valence-corrected chi connectivity index (χ4v) is 2.38. The van der Waals surface area contributed by atoms with E-state index in [1.54, 1.807) is 12.1 Å². The zero-order valence-corrected chi connectivity index (χ0v) is 11.1. The summed E-state index contributed by atoms with van der Waals surface area (Å²) >= 11 is 0. The largest absolute Gasteiger partial charge is 0.299 e. The Morgan fingerprint density at radius 2 is 1.72 bits per heavy atom. The van der Waals surface area contributed by atoms with Gasteiger partial charge in [0.1, 0.15) is 0 Å². The summed E-state index contributed by atoms with van der Waals surface area (Å²) in [4.78, 5) is 2.40. The minimum Gasteiger partial charge on any atom is -0.299 e. The Morgan fingerprint density at radius 1 is 1.17 bits per heavy atom. The van der Waals surface area contributed by atoms with Crippen molar-refractivity contribution in [2.75, 3.05) is 13.1 Å². The third-order valence-corrected chi connectivity index (χ3v) is 3.74. The van der Waals surface area contributed by atoms with Crippen LogP contribution in [-0.4, -0.2) is 18.0 Å². The summed E-state index contributed by atoms with van der Waals surface area (Å²) in [6.45, 7) is 6.34. The van der Waals surface area contributed by atoms with Crippen molar-refractivity contribution in [2.45, 2.75) is 39.2 Å². The van der Waals surface area contributed by atoms with Crippen LogP contribution in [0.2, 0.25) is 0 Å². The second-order valence-corrected chi connectivity index (χ2v) is 5.54. The second kappa shape index (κ2) is 5.35. The van der Waals surface area contributed by atoms with Crippen LogP contribution in [-0.2, 0) is 12.5 Å². The maximum absolute atomic E-state index is 13.1. The highest BCUT2D eigenvalue weighted by molar-refractivity contribution is 5.25. The Bertz CT molecular complexity index is 372. The van der Waals surface area contributed by atoms with Crippen LogP contribution in [0, 0.1) is 5.92 Å². The number of nitrogens with zero attached hydrogens (tertiary/aromatic N) is 1. The fourth-order valence-electron chi connectivity index (χ4n) is 2.38. The van der Waals surface area contributed by atoms with E-state index >= 15 is 0 Å². The van der Waals surface area contributed by atoms with E-state index in [1.165, 1.54) is 12.8 Å². The van der Waals surface area contributed by atoms with Gasteiger partial charge < -0.3 is 0 Å². The molecule has 0 amide bonds. The Hall–Kier alpha value is -0.960. The average Bonchev–Trinajstić information content (AvgIpc) is 2.32. The molecule has 0 radical (unpaired) electrons. The number of piperidine rings is 1. The van der Waals surface area contributed by atoms with Crippen molar-refractivity contribution >= 4 is 0 Å².